The predicted octanol–water partition coefficient (Wildman–Crippen LogP) is 2.18. The molecule has 0 saturated carbocycles. The van der Waals surface area contributed by atoms with Gasteiger partial charge in [0.15, 0.2) is 5.78 Å². The van der Waals surface area contributed by atoms with Crippen molar-refractivity contribution < 1.29 is 22.7 Å². The molecule has 2 aromatic rings. The first kappa shape index (κ1) is 18.3. The molecule has 1 aliphatic rings. The molecule has 7 heteroatoms. The second-order valence-electron chi connectivity index (χ2n) is 6.16. The van der Waals surface area contributed by atoms with Gasteiger partial charge < -0.3 is 4.74 Å². The van der Waals surface area contributed by atoms with E-state index in [2.05, 4.69) is 0 Å². The molecule has 0 atom stereocenters. The van der Waals surface area contributed by atoms with Crippen molar-refractivity contribution in [2.45, 2.75) is 24.8 Å². The first-order chi connectivity index (χ1) is 12.4. The molecule has 136 valence electrons. The third kappa shape index (κ3) is 3.84. The van der Waals surface area contributed by atoms with Crippen LogP contribution in [0.25, 0.3) is 0 Å². The number of nitrogens with zero attached hydrogens (tertiary/aromatic N) is 1. The fourth-order valence-corrected chi connectivity index (χ4v) is 4.26. The Bertz CT molecular complexity index is 935. The van der Waals surface area contributed by atoms with Gasteiger partial charge in [0.25, 0.3) is 0 Å². The molecule has 0 N–H and O–H groups in total. The highest BCUT2D eigenvalue weighted by atomic mass is 32.2. The van der Waals surface area contributed by atoms with Crippen molar-refractivity contribution in [3.63, 3.8) is 0 Å². The van der Waals surface area contributed by atoms with Crippen LogP contribution in [-0.4, -0.2) is 37.6 Å². The van der Waals surface area contributed by atoms with Gasteiger partial charge in [0.2, 0.25) is 10.0 Å². The third-order valence-electron chi connectivity index (χ3n) is 4.23. The normalized spacial score (nSPS) is 14.5. The Hall–Kier alpha value is -2.51. The lowest BCUT2D eigenvalue weighted by Crippen LogP contribution is -2.35. The number of Topliss-reactive ketones (excluding diaryl/α,β-unsaturated/α-hetero) is 1. The first-order valence-corrected chi connectivity index (χ1v) is 9.65. The summed E-state index contributed by atoms with van der Waals surface area (Å²) in [4.78, 5) is 22.8. The smallest absolute Gasteiger partial charge is 0.338 e. The van der Waals surface area contributed by atoms with E-state index in [1.807, 2.05) is 24.3 Å². The maximum Gasteiger partial charge on any atom is 0.338 e. The molecular weight excluding hydrogens is 354 g/mol. The maximum absolute atomic E-state index is 12.9. The van der Waals surface area contributed by atoms with Gasteiger partial charge in [0, 0.05) is 13.1 Å². The zero-order valence-electron chi connectivity index (χ0n) is 14.3. The second-order valence-corrected chi connectivity index (χ2v) is 8.10. The second kappa shape index (κ2) is 7.39. The van der Waals surface area contributed by atoms with Gasteiger partial charge in [-0.1, -0.05) is 24.3 Å². The molecule has 26 heavy (non-hydrogen) atoms. The van der Waals surface area contributed by atoms with Crippen LogP contribution in [0.5, 0.6) is 0 Å². The highest BCUT2D eigenvalue weighted by Crippen LogP contribution is 2.25. The number of hydrogen-bond donors (Lipinski definition) is 0. The molecule has 6 nitrogen and oxygen atoms in total. The van der Waals surface area contributed by atoms with Crippen LogP contribution in [0.3, 0.4) is 0 Å². The van der Waals surface area contributed by atoms with Crippen molar-refractivity contribution >= 4 is 21.8 Å². The lowest BCUT2D eigenvalue weighted by molar-refractivity contribution is -0.120. The summed E-state index contributed by atoms with van der Waals surface area (Å²) in [5.41, 5.74) is 2.38. The summed E-state index contributed by atoms with van der Waals surface area (Å²) in [6.45, 7) is 1.77. The van der Waals surface area contributed by atoms with E-state index in [0.29, 0.717) is 19.5 Å². The average molecular weight is 373 g/mol. The highest BCUT2D eigenvalue weighted by molar-refractivity contribution is 7.89. The Balaban J connectivity index is 1.76. The largest absolute Gasteiger partial charge is 0.454 e. The fraction of sp³-hybridized carbons (Fsp3) is 0.263. The molecular formula is C19H19NO5S. The van der Waals surface area contributed by atoms with Gasteiger partial charge in [-0.05, 0) is 48.7 Å². The minimum Gasteiger partial charge on any atom is -0.454 e. The van der Waals surface area contributed by atoms with Crippen molar-refractivity contribution in [3.05, 3.63) is 65.2 Å². The van der Waals surface area contributed by atoms with Gasteiger partial charge in [-0.25, -0.2) is 13.2 Å². The number of carbonyl (C=O) groups is 2. The van der Waals surface area contributed by atoms with Crippen LogP contribution in [0.1, 0.15) is 28.4 Å². The highest BCUT2D eigenvalue weighted by Gasteiger charge is 2.28. The number of ketones is 1. The Labute approximate surface area is 152 Å². The molecule has 0 bridgehead atoms. The van der Waals surface area contributed by atoms with Crippen molar-refractivity contribution in [1.29, 1.82) is 0 Å². The quantitative estimate of drug-likeness (QED) is 0.751. The summed E-state index contributed by atoms with van der Waals surface area (Å²) in [6, 6.07) is 13.4. The van der Waals surface area contributed by atoms with E-state index >= 15 is 0 Å². The van der Waals surface area contributed by atoms with Gasteiger partial charge in [-0.15, -0.1) is 0 Å². The van der Waals surface area contributed by atoms with Gasteiger partial charge in [-0.2, -0.15) is 4.31 Å². The monoisotopic (exact) mass is 373 g/mol. The van der Waals surface area contributed by atoms with Gasteiger partial charge in [0.05, 0.1) is 10.5 Å². The first-order valence-electron chi connectivity index (χ1n) is 8.21. The molecule has 0 radical (unpaired) electrons. The van der Waals surface area contributed by atoms with E-state index in [4.69, 9.17) is 4.74 Å². The van der Waals surface area contributed by atoms with Crippen LogP contribution in [0.4, 0.5) is 0 Å². The molecule has 3 rings (SSSR count). The summed E-state index contributed by atoms with van der Waals surface area (Å²) in [5.74, 6) is -0.918. The Kier molecular flexibility index (Phi) is 5.20. The van der Waals surface area contributed by atoms with E-state index < -0.39 is 16.0 Å². The third-order valence-corrected chi connectivity index (χ3v) is 6.09. The van der Waals surface area contributed by atoms with Gasteiger partial charge >= 0.3 is 5.97 Å². The van der Waals surface area contributed by atoms with E-state index in [0.717, 1.165) is 5.56 Å². The molecule has 0 unspecified atom stereocenters. The lowest BCUT2D eigenvalue weighted by Gasteiger charge is -2.28. The Morgan fingerprint density at radius 3 is 2.35 bits per heavy atom. The van der Waals surface area contributed by atoms with Crippen LogP contribution >= 0.6 is 0 Å². The number of rotatable bonds is 5. The number of ether oxygens (including phenoxy) is 1. The van der Waals surface area contributed by atoms with Crippen LogP contribution in [0.15, 0.2) is 53.4 Å². The zero-order valence-corrected chi connectivity index (χ0v) is 15.2. The maximum atomic E-state index is 12.9. The molecule has 0 fully saturated rings. The standard InChI is InChI=1S/C19H19NO5S/c1-14(21)13-25-19(22)16-6-8-18(9-7-16)26(23,24)20-11-10-15-4-2-3-5-17(15)12-20/h2-9H,10-13H2,1H3. The van der Waals surface area contributed by atoms with E-state index in [9.17, 15) is 18.0 Å². The summed E-state index contributed by atoms with van der Waals surface area (Å²) in [5, 5.41) is 0. The van der Waals surface area contributed by atoms with Crippen molar-refractivity contribution in [2.75, 3.05) is 13.2 Å². The zero-order chi connectivity index (χ0) is 18.7. The SMILES string of the molecule is CC(=O)COC(=O)c1ccc(S(=O)(=O)N2CCc3ccccc3C2)cc1. The molecule has 0 spiro atoms. The van der Waals surface area contributed by atoms with Crippen LogP contribution < -0.4 is 0 Å². The van der Waals surface area contributed by atoms with E-state index in [1.165, 1.54) is 41.1 Å². The number of hydrogen-bond acceptors (Lipinski definition) is 5. The van der Waals surface area contributed by atoms with Crippen LogP contribution in [0.2, 0.25) is 0 Å². The Morgan fingerprint density at radius 2 is 1.69 bits per heavy atom. The van der Waals surface area contributed by atoms with Crippen LogP contribution in [0, 0.1) is 0 Å². The van der Waals surface area contributed by atoms with Crippen LogP contribution in [-0.2, 0) is 32.5 Å². The number of benzene rings is 2. The minimum atomic E-state index is -3.65. The summed E-state index contributed by atoms with van der Waals surface area (Å²) in [7, 11) is -3.65. The molecule has 1 heterocycles. The molecule has 0 aromatic heterocycles. The molecule has 0 amide bonds. The fourth-order valence-electron chi connectivity index (χ4n) is 2.84. The van der Waals surface area contributed by atoms with Crippen molar-refractivity contribution in [1.82, 2.24) is 4.31 Å². The van der Waals surface area contributed by atoms with E-state index in [-0.39, 0.29) is 22.8 Å². The topological polar surface area (TPSA) is 80.8 Å². The summed E-state index contributed by atoms with van der Waals surface area (Å²) >= 11 is 0. The van der Waals surface area contributed by atoms with Crippen molar-refractivity contribution in [2.24, 2.45) is 0 Å². The predicted molar refractivity (Wildman–Crippen MR) is 95.1 cm³/mol. The molecule has 0 saturated heterocycles. The summed E-state index contributed by atoms with van der Waals surface area (Å²) in [6.07, 6.45) is 0.671. The average Bonchev–Trinajstić information content (AvgIpc) is 2.65. The number of sulfonamides is 1. The van der Waals surface area contributed by atoms with Gasteiger partial charge in [-0.3, -0.25) is 4.79 Å². The summed E-state index contributed by atoms with van der Waals surface area (Å²) < 4.78 is 32.0. The number of esters is 1. The van der Waals surface area contributed by atoms with Gasteiger partial charge in [0.1, 0.15) is 6.61 Å². The molecule has 0 aliphatic carbocycles. The minimum absolute atomic E-state index is 0.125. The molecule has 2 aromatic carbocycles. The Morgan fingerprint density at radius 1 is 1.04 bits per heavy atom. The van der Waals surface area contributed by atoms with E-state index in [1.54, 1.807) is 0 Å². The number of fused-ring (bicyclic) bond motifs is 1. The molecule has 1 aliphatic heterocycles. The number of carbonyl (C=O) groups excluding carboxylic acids is 2. The lowest BCUT2D eigenvalue weighted by atomic mass is 10.0. The van der Waals surface area contributed by atoms with Crippen molar-refractivity contribution in [3.8, 4) is 0 Å².